The molecule has 0 saturated heterocycles. The van der Waals surface area contributed by atoms with E-state index in [1.165, 1.54) is 0 Å². The van der Waals surface area contributed by atoms with Crippen LogP contribution in [0.5, 0.6) is 0 Å². The molecule has 4 nitrogen and oxygen atoms in total. The highest BCUT2D eigenvalue weighted by atomic mass is 35.5. The van der Waals surface area contributed by atoms with Crippen molar-refractivity contribution >= 4 is 29.1 Å². The van der Waals surface area contributed by atoms with E-state index in [4.69, 9.17) is 11.6 Å². The van der Waals surface area contributed by atoms with E-state index in [1.807, 2.05) is 6.92 Å². The molecular formula is C19H21ClN2O2. The first-order chi connectivity index (χ1) is 11.5. The van der Waals surface area contributed by atoms with Crippen molar-refractivity contribution in [3.63, 3.8) is 0 Å². The highest BCUT2D eigenvalue weighted by molar-refractivity contribution is 6.30. The van der Waals surface area contributed by atoms with Gasteiger partial charge in [-0.05, 0) is 55.3 Å². The molecule has 0 aliphatic carbocycles. The van der Waals surface area contributed by atoms with Crippen molar-refractivity contribution in [1.82, 2.24) is 5.32 Å². The number of nitrogens with one attached hydrogen (secondary N) is 2. The summed E-state index contributed by atoms with van der Waals surface area (Å²) in [5.41, 5.74) is 2.49. The lowest BCUT2D eigenvalue weighted by Gasteiger charge is -2.10. The Hall–Kier alpha value is -2.33. The molecule has 0 aliphatic rings. The molecule has 0 fully saturated rings. The summed E-state index contributed by atoms with van der Waals surface area (Å²) in [6, 6.07) is 12.0. The van der Waals surface area contributed by atoms with E-state index in [9.17, 15) is 9.59 Å². The van der Waals surface area contributed by atoms with Crippen LogP contribution in [0.15, 0.2) is 42.5 Å². The number of rotatable bonds is 6. The smallest absolute Gasteiger partial charge is 0.255 e. The largest absolute Gasteiger partial charge is 0.352 e. The first-order valence-electron chi connectivity index (χ1n) is 7.97. The fourth-order valence-corrected chi connectivity index (χ4v) is 2.47. The Morgan fingerprint density at radius 3 is 2.42 bits per heavy atom. The second kappa shape index (κ2) is 8.50. The lowest BCUT2D eigenvalue weighted by atomic mass is 10.1. The van der Waals surface area contributed by atoms with Crippen molar-refractivity contribution in [3.05, 3.63) is 64.2 Å². The zero-order valence-electron chi connectivity index (χ0n) is 13.9. The summed E-state index contributed by atoms with van der Waals surface area (Å²) < 4.78 is 0. The first kappa shape index (κ1) is 18.0. The Morgan fingerprint density at radius 1 is 1.04 bits per heavy atom. The first-order valence-corrected chi connectivity index (χ1v) is 8.35. The van der Waals surface area contributed by atoms with Crippen LogP contribution in [0.3, 0.4) is 0 Å². The molecule has 0 saturated carbocycles. The molecule has 126 valence electrons. The molecule has 0 aromatic heterocycles. The molecule has 0 spiro atoms. The molecule has 2 rings (SSSR count). The van der Waals surface area contributed by atoms with Crippen molar-refractivity contribution in [1.29, 1.82) is 0 Å². The zero-order valence-corrected chi connectivity index (χ0v) is 14.6. The van der Waals surface area contributed by atoms with Crippen molar-refractivity contribution in [3.8, 4) is 0 Å². The van der Waals surface area contributed by atoms with Gasteiger partial charge in [0.15, 0.2) is 0 Å². The Labute approximate surface area is 147 Å². The molecule has 5 heteroatoms. The second-order valence-corrected chi connectivity index (χ2v) is 6.04. The number of benzene rings is 2. The summed E-state index contributed by atoms with van der Waals surface area (Å²) in [7, 11) is 0. The van der Waals surface area contributed by atoms with Crippen LogP contribution < -0.4 is 10.6 Å². The molecule has 24 heavy (non-hydrogen) atoms. The van der Waals surface area contributed by atoms with Gasteiger partial charge in [0.05, 0.1) is 0 Å². The highest BCUT2D eigenvalue weighted by Crippen LogP contribution is 2.20. The number of hydrogen-bond acceptors (Lipinski definition) is 2. The Bertz CT molecular complexity index is 744. The molecule has 0 atom stereocenters. The van der Waals surface area contributed by atoms with Gasteiger partial charge in [-0.1, -0.05) is 31.0 Å². The lowest BCUT2D eigenvalue weighted by molar-refractivity contribution is 0.0953. The van der Waals surface area contributed by atoms with Crippen LogP contribution in [-0.4, -0.2) is 18.4 Å². The van der Waals surface area contributed by atoms with Gasteiger partial charge in [0, 0.05) is 28.4 Å². The van der Waals surface area contributed by atoms with Crippen molar-refractivity contribution < 1.29 is 9.59 Å². The number of halogens is 1. The van der Waals surface area contributed by atoms with Crippen molar-refractivity contribution in [2.45, 2.75) is 26.7 Å². The normalized spacial score (nSPS) is 10.3. The average molecular weight is 345 g/mol. The minimum atomic E-state index is -0.261. The summed E-state index contributed by atoms with van der Waals surface area (Å²) in [5, 5.41) is 6.31. The monoisotopic (exact) mass is 344 g/mol. The van der Waals surface area contributed by atoms with Crippen LogP contribution >= 0.6 is 11.6 Å². The fourth-order valence-electron chi connectivity index (χ4n) is 2.24. The van der Waals surface area contributed by atoms with E-state index in [1.54, 1.807) is 42.5 Å². The minimum absolute atomic E-state index is 0.166. The van der Waals surface area contributed by atoms with Gasteiger partial charge in [-0.15, -0.1) is 0 Å². The highest BCUT2D eigenvalue weighted by Gasteiger charge is 2.11. The van der Waals surface area contributed by atoms with E-state index >= 15 is 0 Å². The standard InChI is InChI=1S/C19H21ClN2O2/c1-3-4-10-21-18(23)14-6-5-7-15(12-14)19(24)22-17-9-8-16(20)11-13(17)2/h5-9,11-12H,3-4,10H2,1-2H3,(H,21,23)(H,22,24). The summed E-state index contributed by atoms with van der Waals surface area (Å²) in [6.45, 7) is 4.57. The van der Waals surface area contributed by atoms with Crippen LogP contribution in [-0.2, 0) is 0 Å². The molecule has 0 heterocycles. The van der Waals surface area contributed by atoms with Gasteiger partial charge in [0.25, 0.3) is 11.8 Å². The number of carbonyl (C=O) groups excluding carboxylic acids is 2. The van der Waals surface area contributed by atoms with E-state index in [2.05, 4.69) is 17.6 Å². The lowest BCUT2D eigenvalue weighted by Crippen LogP contribution is -2.24. The third kappa shape index (κ3) is 4.83. The number of carbonyl (C=O) groups is 2. The van der Waals surface area contributed by atoms with Gasteiger partial charge in [0.1, 0.15) is 0 Å². The van der Waals surface area contributed by atoms with Gasteiger partial charge >= 0.3 is 0 Å². The molecule has 0 aliphatic heterocycles. The Kier molecular flexibility index (Phi) is 6.38. The Morgan fingerprint density at radius 2 is 1.75 bits per heavy atom. The number of hydrogen-bond donors (Lipinski definition) is 2. The van der Waals surface area contributed by atoms with E-state index in [-0.39, 0.29) is 11.8 Å². The summed E-state index contributed by atoms with van der Waals surface area (Å²) >= 11 is 5.92. The van der Waals surface area contributed by atoms with Gasteiger partial charge in [-0.25, -0.2) is 0 Å². The van der Waals surface area contributed by atoms with E-state index < -0.39 is 0 Å². The van der Waals surface area contributed by atoms with Crippen LogP contribution in [0.2, 0.25) is 5.02 Å². The maximum absolute atomic E-state index is 12.4. The predicted octanol–water partition coefficient (Wildman–Crippen LogP) is 4.43. The SMILES string of the molecule is CCCCNC(=O)c1cccc(C(=O)Nc2ccc(Cl)cc2C)c1. The van der Waals surface area contributed by atoms with Crippen LogP contribution in [0, 0.1) is 6.92 Å². The second-order valence-electron chi connectivity index (χ2n) is 5.60. The third-order valence-corrected chi connectivity index (χ3v) is 3.87. The number of anilines is 1. The molecule has 0 bridgehead atoms. The molecule has 0 unspecified atom stereocenters. The van der Waals surface area contributed by atoms with E-state index in [0.29, 0.717) is 28.4 Å². The van der Waals surface area contributed by atoms with Crippen molar-refractivity contribution in [2.24, 2.45) is 0 Å². The van der Waals surface area contributed by atoms with Gasteiger partial charge < -0.3 is 10.6 Å². The maximum atomic E-state index is 12.4. The fraction of sp³-hybridized carbons (Fsp3) is 0.263. The third-order valence-electron chi connectivity index (χ3n) is 3.64. The molecular weight excluding hydrogens is 324 g/mol. The van der Waals surface area contributed by atoms with E-state index in [0.717, 1.165) is 18.4 Å². The Balaban J connectivity index is 2.09. The van der Waals surface area contributed by atoms with Crippen LogP contribution in [0.1, 0.15) is 46.0 Å². The van der Waals surface area contributed by atoms with Gasteiger partial charge in [0.2, 0.25) is 0 Å². The molecule has 2 amide bonds. The number of amides is 2. The zero-order chi connectivity index (χ0) is 17.5. The van der Waals surface area contributed by atoms with Crippen LogP contribution in [0.4, 0.5) is 5.69 Å². The molecule has 0 radical (unpaired) electrons. The predicted molar refractivity (Wildman–Crippen MR) is 97.8 cm³/mol. The van der Waals surface area contributed by atoms with Crippen LogP contribution in [0.25, 0.3) is 0 Å². The van der Waals surface area contributed by atoms with Gasteiger partial charge in [-0.2, -0.15) is 0 Å². The summed E-state index contributed by atoms with van der Waals surface area (Å²) in [6.07, 6.45) is 1.95. The average Bonchev–Trinajstić information content (AvgIpc) is 2.57. The van der Waals surface area contributed by atoms with Crippen molar-refractivity contribution in [2.75, 3.05) is 11.9 Å². The van der Waals surface area contributed by atoms with Gasteiger partial charge in [-0.3, -0.25) is 9.59 Å². The summed E-state index contributed by atoms with van der Waals surface area (Å²) in [5.74, 6) is -0.426. The number of unbranched alkanes of at least 4 members (excludes halogenated alkanes) is 1. The quantitative estimate of drug-likeness (QED) is 0.761. The molecule has 2 aromatic carbocycles. The number of aryl methyl sites for hydroxylation is 1. The molecule has 2 N–H and O–H groups in total. The maximum Gasteiger partial charge on any atom is 0.255 e. The summed E-state index contributed by atoms with van der Waals surface area (Å²) in [4.78, 5) is 24.5. The minimum Gasteiger partial charge on any atom is -0.352 e. The molecule has 2 aromatic rings. The topological polar surface area (TPSA) is 58.2 Å².